The summed E-state index contributed by atoms with van der Waals surface area (Å²) < 4.78 is 18.7. The minimum absolute atomic E-state index is 0.0552. The molecule has 1 atom stereocenters. The topological polar surface area (TPSA) is 38.3 Å². The smallest absolute Gasteiger partial charge is 0.246 e. The normalized spacial score (nSPS) is 21.2. The highest BCUT2D eigenvalue weighted by Gasteiger charge is 2.20. The quantitative estimate of drug-likeness (QED) is 0.847. The van der Waals surface area contributed by atoms with Crippen LogP contribution in [0.1, 0.15) is 11.7 Å². The first kappa shape index (κ1) is 10.6. The van der Waals surface area contributed by atoms with Gasteiger partial charge in [-0.2, -0.15) is 0 Å². The van der Waals surface area contributed by atoms with Crippen molar-refractivity contribution >= 4 is 21.8 Å². The van der Waals surface area contributed by atoms with Crippen molar-refractivity contribution in [3.05, 3.63) is 34.1 Å². The Morgan fingerprint density at radius 1 is 1.53 bits per heavy atom. The Labute approximate surface area is 94.7 Å². The summed E-state index contributed by atoms with van der Waals surface area (Å²) in [4.78, 5) is 10.9. The van der Waals surface area contributed by atoms with Gasteiger partial charge in [0.2, 0.25) is 5.91 Å². The standard InChI is InChI=1S/C10H9BrFNO2/c11-7-3-6(1-2-8(7)12)9-4-13-10(14)5-15-9/h1-3,9H,4-5H2,(H,13,14). The van der Waals surface area contributed by atoms with Gasteiger partial charge in [0, 0.05) is 6.54 Å². The molecule has 1 N–H and O–H groups in total. The van der Waals surface area contributed by atoms with E-state index < -0.39 is 0 Å². The highest BCUT2D eigenvalue weighted by Crippen LogP contribution is 2.24. The number of carbonyl (C=O) groups is 1. The molecule has 1 saturated heterocycles. The summed E-state index contributed by atoms with van der Waals surface area (Å²) >= 11 is 3.11. The maximum absolute atomic E-state index is 13.0. The van der Waals surface area contributed by atoms with Crippen LogP contribution in [0.5, 0.6) is 0 Å². The van der Waals surface area contributed by atoms with Crippen molar-refractivity contribution in [3.8, 4) is 0 Å². The molecular formula is C10H9BrFNO2. The fourth-order valence-electron chi connectivity index (χ4n) is 1.42. The summed E-state index contributed by atoms with van der Waals surface area (Å²) in [6, 6.07) is 4.69. The first-order valence-corrected chi connectivity index (χ1v) is 5.29. The number of rotatable bonds is 1. The zero-order chi connectivity index (χ0) is 10.8. The molecule has 0 aliphatic carbocycles. The molecule has 1 amide bonds. The van der Waals surface area contributed by atoms with Crippen LogP contribution in [0.2, 0.25) is 0 Å². The van der Waals surface area contributed by atoms with Gasteiger partial charge in [0.1, 0.15) is 18.5 Å². The van der Waals surface area contributed by atoms with Crippen molar-refractivity contribution in [2.75, 3.05) is 13.2 Å². The van der Waals surface area contributed by atoms with Gasteiger partial charge in [0.25, 0.3) is 0 Å². The van der Waals surface area contributed by atoms with Gasteiger partial charge >= 0.3 is 0 Å². The van der Waals surface area contributed by atoms with Crippen LogP contribution in [0.4, 0.5) is 4.39 Å². The van der Waals surface area contributed by atoms with Crippen LogP contribution >= 0.6 is 15.9 Å². The number of morpholine rings is 1. The zero-order valence-corrected chi connectivity index (χ0v) is 9.38. The molecule has 0 saturated carbocycles. The van der Waals surface area contributed by atoms with Gasteiger partial charge in [-0.05, 0) is 33.6 Å². The second-order valence-electron chi connectivity index (χ2n) is 3.28. The number of hydrogen-bond acceptors (Lipinski definition) is 2. The molecule has 1 aliphatic rings. The van der Waals surface area contributed by atoms with Gasteiger partial charge in [-0.25, -0.2) is 4.39 Å². The molecular weight excluding hydrogens is 265 g/mol. The van der Waals surface area contributed by atoms with Gasteiger partial charge < -0.3 is 10.1 Å². The Bertz CT molecular complexity index is 387. The van der Waals surface area contributed by atoms with Gasteiger partial charge in [-0.1, -0.05) is 6.07 Å². The fraction of sp³-hybridized carbons (Fsp3) is 0.300. The monoisotopic (exact) mass is 273 g/mol. The third kappa shape index (κ3) is 2.35. The number of carbonyl (C=O) groups excluding carboxylic acids is 1. The maximum atomic E-state index is 13.0. The SMILES string of the molecule is O=C1COC(c2ccc(F)c(Br)c2)CN1. The lowest BCUT2D eigenvalue weighted by atomic mass is 10.1. The highest BCUT2D eigenvalue weighted by molar-refractivity contribution is 9.10. The van der Waals surface area contributed by atoms with Gasteiger partial charge in [0.05, 0.1) is 4.47 Å². The van der Waals surface area contributed by atoms with E-state index in [2.05, 4.69) is 21.2 Å². The molecule has 0 aromatic heterocycles. The lowest BCUT2D eigenvalue weighted by Crippen LogP contribution is -2.38. The molecule has 1 aromatic rings. The van der Waals surface area contributed by atoms with E-state index in [0.717, 1.165) is 5.56 Å². The van der Waals surface area contributed by atoms with Crippen molar-refractivity contribution in [3.63, 3.8) is 0 Å². The Hall–Kier alpha value is -0.940. The van der Waals surface area contributed by atoms with Crippen LogP contribution in [0, 0.1) is 5.82 Å². The summed E-state index contributed by atoms with van der Waals surface area (Å²) in [6.45, 7) is 0.483. The van der Waals surface area contributed by atoms with Crippen LogP contribution in [-0.4, -0.2) is 19.1 Å². The Morgan fingerprint density at radius 2 is 2.33 bits per heavy atom. The average molecular weight is 274 g/mol. The number of amides is 1. The fourth-order valence-corrected chi connectivity index (χ4v) is 1.82. The third-order valence-electron chi connectivity index (χ3n) is 2.22. The minimum Gasteiger partial charge on any atom is -0.362 e. The van der Waals surface area contributed by atoms with Crippen LogP contribution in [0.15, 0.2) is 22.7 Å². The Kier molecular flexibility index (Phi) is 3.02. The molecule has 0 radical (unpaired) electrons. The Balaban J connectivity index is 2.16. The number of halogens is 2. The van der Waals surface area contributed by atoms with E-state index >= 15 is 0 Å². The summed E-state index contributed by atoms with van der Waals surface area (Å²) in [6.07, 6.45) is -0.195. The molecule has 0 bridgehead atoms. The predicted octanol–water partition coefficient (Wildman–Crippen LogP) is 1.78. The van der Waals surface area contributed by atoms with Crippen LogP contribution in [-0.2, 0) is 9.53 Å². The van der Waals surface area contributed by atoms with Crippen molar-refractivity contribution < 1.29 is 13.9 Å². The number of nitrogens with one attached hydrogen (secondary N) is 1. The molecule has 0 spiro atoms. The van der Waals surface area contributed by atoms with Crippen molar-refractivity contribution in [1.29, 1.82) is 0 Å². The first-order chi connectivity index (χ1) is 7.16. The molecule has 1 aromatic carbocycles. The van der Waals surface area contributed by atoms with Gasteiger partial charge in [-0.3, -0.25) is 4.79 Å². The van der Waals surface area contributed by atoms with Crippen molar-refractivity contribution in [2.45, 2.75) is 6.10 Å². The number of hydrogen-bond donors (Lipinski definition) is 1. The summed E-state index contributed by atoms with van der Waals surface area (Å²) in [5, 5.41) is 2.69. The van der Waals surface area contributed by atoms with Gasteiger partial charge in [0.15, 0.2) is 0 Å². The summed E-state index contributed by atoms with van der Waals surface area (Å²) in [5.41, 5.74) is 0.850. The summed E-state index contributed by atoms with van der Waals surface area (Å²) in [5.74, 6) is -0.425. The molecule has 2 rings (SSSR count). The lowest BCUT2D eigenvalue weighted by Gasteiger charge is -2.23. The molecule has 15 heavy (non-hydrogen) atoms. The predicted molar refractivity (Wildman–Crippen MR) is 55.8 cm³/mol. The van der Waals surface area contributed by atoms with Crippen LogP contribution in [0.3, 0.4) is 0 Å². The average Bonchev–Trinajstić information content (AvgIpc) is 2.23. The van der Waals surface area contributed by atoms with E-state index in [9.17, 15) is 9.18 Å². The second-order valence-corrected chi connectivity index (χ2v) is 4.13. The van der Waals surface area contributed by atoms with E-state index in [1.807, 2.05) is 0 Å². The highest BCUT2D eigenvalue weighted by atomic mass is 79.9. The first-order valence-electron chi connectivity index (χ1n) is 4.50. The van der Waals surface area contributed by atoms with Crippen LogP contribution < -0.4 is 5.32 Å². The molecule has 3 nitrogen and oxygen atoms in total. The maximum Gasteiger partial charge on any atom is 0.246 e. The van der Waals surface area contributed by atoms with E-state index in [4.69, 9.17) is 4.74 Å². The van der Waals surface area contributed by atoms with Crippen molar-refractivity contribution in [2.24, 2.45) is 0 Å². The molecule has 5 heteroatoms. The molecule has 1 heterocycles. The molecule has 1 fully saturated rings. The minimum atomic E-state index is -0.307. The largest absolute Gasteiger partial charge is 0.362 e. The van der Waals surface area contributed by atoms with Gasteiger partial charge in [-0.15, -0.1) is 0 Å². The van der Waals surface area contributed by atoms with Crippen LogP contribution in [0.25, 0.3) is 0 Å². The zero-order valence-electron chi connectivity index (χ0n) is 7.80. The molecule has 1 aliphatic heterocycles. The van der Waals surface area contributed by atoms with E-state index in [1.54, 1.807) is 12.1 Å². The second kappa shape index (κ2) is 4.28. The summed E-state index contributed by atoms with van der Waals surface area (Å²) in [7, 11) is 0. The number of benzene rings is 1. The van der Waals surface area contributed by atoms with E-state index in [-0.39, 0.29) is 24.4 Å². The third-order valence-corrected chi connectivity index (χ3v) is 2.82. The van der Waals surface area contributed by atoms with E-state index in [1.165, 1.54) is 6.07 Å². The van der Waals surface area contributed by atoms with Crippen molar-refractivity contribution in [1.82, 2.24) is 5.32 Å². The number of ether oxygens (including phenoxy) is 1. The molecule has 80 valence electrons. The van der Waals surface area contributed by atoms with E-state index in [0.29, 0.717) is 11.0 Å². The molecule has 1 unspecified atom stereocenters. The Morgan fingerprint density at radius 3 is 2.93 bits per heavy atom. The lowest BCUT2D eigenvalue weighted by molar-refractivity contribution is -0.133.